The van der Waals surface area contributed by atoms with Crippen molar-refractivity contribution in [3.8, 4) is 0 Å². The lowest BCUT2D eigenvalue weighted by molar-refractivity contribution is -0.137. The Morgan fingerprint density at radius 1 is 1.19 bits per heavy atom. The molecular weight excluding hydrogens is 445 g/mol. The van der Waals surface area contributed by atoms with Crippen LogP contribution in [0.3, 0.4) is 0 Å². The van der Waals surface area contributed by atoms with Crippen molar-refractivity contribution in [1.82, 2.24) is 4.90 Å². The Morgan fingerprint density at radius 3 is 2.56 bits per heavy atom. The third-order valence-electron chi connectivity index (χ3n) is 4.80. The van der Waals surface area contributed by atoms with Crippen molar-refractivity contribution in [2.75, 3.05) is 32.1 Å². The lowest BCUT2D eigenvalue weighted by Gasteiger charge is -2.21. The van der Waals surface area contributed by atoms with Gasteiger partial charge in [0.1, 0.15) is 6.54 Å². The van der Waals surface area contributed by atoms with Crippen molar-refractivity contribution in [2.24, 2.45) is 0 Å². The maximum absolute atomic E-state index is 13.0. The molecule has 0 aliphatic heterocycles. The van der Waals surface area contributed by atoms with E-state index >= 15 is 0 Å². The van der Waals surface area contributed by atoms with E-state index in [2.05, 4.69) is 5.32 Å². The van der Waals surface area contributed by atoms with Gasteiger partial charge in [0.25, 0.3) is 0 Å². The Morgan fingerprint density at radius 2 is 1.91 bits per heavy atom. The summed E-state index contributed by atoms with van der Waals surface area (Å²) in [4.78, 5) is 26.4. The first kappa shape index (κ1) is 25.4. The van der Waals surface area contributed by atoms with Gasteiger partial charge in [0, 0.05) is 25.4 Å². The number of halogens is 4. The van der Waals surface area contributed by atoms with Gasteiger partial charge in [-0.05, 0) is 54.8 Å². The minimum atomic E-state index is -4.61. The topological polar surface area (TPSA) is 58.6 Å². The molecule has 0 aromatic heterocycles. The number of carbonyl (C=O) groups excluding carboxylic acids is 2. The van der Waals surface area contributed by atoms with E-state index in [1.54, 1.807) is 6.07 Å². The summed E-state index contributed by atoms with van der Waals surface area (Å²) in [5.41, 5.74) is 1.74. The summed E-state index contributed by atoms with van der Waals surface area (Å²) in [5, 5.41) is 2.35. The van der Waals surface area contributed by atoms with Crippen LogP contribution in [0.1, 0.15) is 22.3 Å². The van der Waals surface area contributed by atoms with Crippen LogP contribution >= 0.6 is 11.6 Å². The van der Waals surface area contributed by atoms with Crippen molar-refractivity contribution in [2.45, 2.75) is 20.0 Å². The molecule has 5 nitrogen and oxygen atoms in total. The van der Waals surface area contributed by atoms with Crippen LogP contribution < -0.4 is 5.32 Å². The van der Waals surface area contributed by atoms with E-state index < -0.39 is 28.6 Å². The number of carbonyl (C=O) groups is 2. The van der Waals surface area contributed by atoms with Gasteiger partial charge in [0.2, 0.25) is 11.8 Å². The van der Waals surface area contributed by atoms with Gasteiger partial charge in [0.15, 0.2) is 0 Å². The van der Waals surface area contributed by atoms with Crippen LogP contribution in [-0.2, 0) is 20.5 Å². The molecule has 9 heteroatoms. The minimum absolute atomic E-state index is 0.133. The van der Waals surface area contributed by atoms with Crippen LogP contribution in [0, 0.1) is 13.8 Å². The summed E-state index contributed by atoms with van der Waals surface area (Å²) in [7, 11) is 1.46. The number of amides is 2. The second-order valence-electron chi connectivity index (χ2n) is 7.12. The number of benzene rings is 2. The molecule has 2 rings (SSSR count). The fraction of sp³-hybridized carbons (Fsp3) is 0.304. The molecule has 1 N–H and O–H groups in total. The highest BCUT2D eigenvalue weighted by Gasteiger charge is 2.33. The quantitative estimate of drug-likeness (QED) is 0.548. The Hall–Kier alpha value is -2.84. The van der Waals surface area contributed by atoms with Gasteiger partial charge in [-0.25, -0.2) is 0 Å². The number of hydrogen-bond acceptors (Lipinski definition) is 3. The summed E-state index contributed by atoms with van der Waals surface area (Å²) in [6.07, 6.45) is -2.25. The zero-order valence-corrected chi connectivity index (χ0v) is 18.7. The fourth-order valence-electron chi connectivity index (χ4n) is 2.85. The Kier molecular flexibility index (Phi) is 8.86. The molecule has 0 aliphatic carbocycles. The van der Waals surface area contributed by atoms with Gasteiger partial charge in [-0.15, -0.1) is 0 Å². The van der Waals surface area contributed by atoms with Crippen LogP contribution in [0.5, 0.6) is 0 Å². The highest BCUT2D eigenvalue weighted by atomic mass is 35.5. The summed E-state index contributed by atoms with van der Waals surface area (Å²) < 4.78 is 44.1. The number of aryl methyl sites for hydroxylation is 1. The number of rotatable bonds is 8. The molecule has 0 unspecified atom stereocenters. The van der Waals surface area contributed by atoms with Gasteiger partial charge < -0.3 is 15.0 Å². The molecule has 0 spiro atoms. The third kappa shape index (κ3) is 7.10. The number of nitrogens with one attached hydrogen (secondary N) is 1. The van der Waals surface area contributed by atoms with E-state index in [-0.39, 0.29) is 25.3 Å². The molecule has 0 bridgehead atoms. The van der Waals surface area contributed by atoms with Crippen LogP contribution in [-0.4, -0.2) is 43.5 Å². The van der Waals surface area contributed by atoms with E-state index in [1.807, 2.05) is 26.0 Å². The van der Waals surface area contributed by atoms with Crippen LogP contribution in [0.4, 0.5) is 18.9 Å². The molecule has 0 aliphatic rings. The standard InChI is InChI=1S/C23H24ClF3N2O3/c1-15-5-4-6-20(16(15)2)28-21(30)14-29(11-12-32-3)22(31)10-8-17-7-9-19(24)18(13-17)23(25,26)27/h4-10,13H,11-12,14H2,1-3H3,(H,28,30)/b10-8-. The van der Waals surface area contributed by atoms with Gasteiger partial charge in [-0.1, -0.05) is 29.8 Å². The smallest absolute Gasteiger partial charge is 0.383 e. The predicted octanol–water partition coefficient (Wildman–Crippen LogP) is 5.10. The zero-order valence-electron chi connectivity index (χ0n) is 17.9. The van der Waals surface area contributed by atoms with Crippen LogP contribution in [0.2, 0.25) is 5.02 Å². The van der Waals surface area contributed by atoms with Crippen molar-refractivity contribution in [3.63, 3.8) is 0 Å². The monoisotopic (exact) mass is 468 g/mol. The molecular formula is C23H24ClF3N2O3. The van der Waals surface area contributed by atoms with Gasteiger partial charge in [-0.2, -0.15) is 13.2 Å². The second kappa shape index (κ2) is 11.2. The zero-order chi connectivity index (χ0) is 23.9. The average Bonchev–Trinajstić information content (AvgIpc) is 2.72. The number of ether oxygens (including phenoxy) is 1. The Balaban J connectivity index is 2.14. The normalized spacial score (nSPS) is 11.6. The number of hydrogen-bond donors (Lipinski definition) is 1. The Labute approximate surface area is 189 Å². The first-order valence-electron chi connectivity index (χ1n) is 9.71. The van der Waals surface area contributed by atoms with Crippen molar-refractivity contribution in [3.05, 3.63) is 69.8 Å². The van der Waals surface area contributed by atoms with Gasteiger partial charge >= 0.3 is 6.18 Å². The number of anilines is 1. The van der Waals surface area contributed by atoms with E-state index in [1.165, 1.54) is 24.2 Å². The molecule has 0 atom stereocenters. The fourth-order valence-corrected chi connectivity index (χ4v) is 3.08. The van der Waals surface area contributed by atoms with E-state index in [0.29, 0.717) is 5.69 Å². The first-order valence-corrected chi connectivity index (χ1v) is 10.1. The molecule has 0 saturated carbocycles. The summed E-state index contributed by atoms with van der Waals surface area (Å²) in [6, 6.07) is 8.85. The summed E-state index contributed by atoms with van der Waals surface area (Å²) in [5.74, 6) is -0.941. The molecule has 0 heterocycles. The Bertz CT molecular complexity index is 1010. The predicted molar refractivity (Wildman–Crippen MR) is 118 cm³/mol. The molecule has 0 saturated heterocycles. The molecule has 2 aromatic rings. The number of alkyl halides is 3. The van der Waals surface area contributed by atoms with Crippen molar-refractivity contribution in [1.29, 1.82) is 0 Å². The summed E-state index contributed by atoms with van der Waals surface area (Å²) >= 11 is 5.62. The van der Waals surface area contributed by atoms with Crippen LogP contribution in [0.25, 0.3) is 6.08 Å². The molecule has 0 fully saturated rings. The maximum Gasteiger partial charge on any atom is 0.417 e. The first-order chi connectivity index (χ1) is 15.0. The molecule has 2 amide bonds. The van der Waals surface area contributed by atoms with E-state index in [9.17, 15) is 22.8 Å². The van der Waals surface area contributed by atoms with Crippen molar-refractivity contribution < 1.29 is 27.5 Å². The lowest BCUT2D eigenvalue weighted by atomic mass is 10.1. The average molecular weight is 469 g/mol. The number of nitrogens with zero attached hydrogens (tertiary/aromatic N) is 1. The van der Waals surface area contributed by atoms with E-state index in [4.69, 9.17) is 16.3 Å². The molecule has 2 aromatic carbocycles. The lowest BCUT2D eigenvalue weighted by Crippen LogP contribution is -2.39. The third-order valence-corrected chi connectivity index (χ3v) is 5.13. The van der Waals surface area contributed by atoms with Gasteiger partial charge in [-0.3, -0.25) is 9.59 Å². The highest BCUT2D eigenvalue weighted by Crippen LogP contribution is 2.35. The summed E-state index contributed by atoms with van der Waals surface area (Å²) in [6.45, 7) is 3.88. The highest BCUT2D eigenvalue weighted by molar-refractivity contribution is 6.31. The second-order valence-corrected chi connectivity index (χ2v) is 7.53. The SMILES string of the molecule is COCCN(CC(=O)Nc1cccc(C)c1C)C(=O)/C=C\c1ccc(Cl)c(C(F)(F)F)c1. The maximum atomic E-state index is 13.0. The minimum Gasteiger partial charge on any atom is -0.383 e. The largest absolute Gasteiger partial charge is 0.417 e. The number of methoxy groups -OCH3 is 1. The van der Waals surface area contributed by atoms with Crippen molar-refractivity contribution >= 4 is 35.2 Å². The molecule has 172 valence electrons. The van der Waals surface area contributed by atoms with E-state index in [0.717, 1.165) is 29.3 Å². The van der Waals surface area contributed by atoms with Crippen LogP contribution in [0.15, 0.2) is 42.5 Å². The molecule has 32 heavy (non-hydrogen) atoms. The molecule has 0 radical (unpaired) electrons. The van der Waals surface area contributed by atoms with Gasteiger partial charge in [0.05, 0.1) is 17.2 Å².